The predicted octanol–water partition coefficient (Wildman–Crippen LogP) is 2.25. The Morgan fingerprint density at radius 3 is 2.52 bits per heavy atom. The van der Waals surface area contributed by atoms with Crippen LogP contribution in [0.5, 0.6) is 0 Å². The average molecular weight is 333 g/mol. The summed E-state index contributed by atoms with van der Waals surface area (Å²) in [7, 11) is 0. The number of aromatic amines is 1. The van der Waals surface area contributed by atoms with Gasteiger partial charge in [0, 0.05) is 0 Å². The molecular formula is C17H15N7O. The molecule has 0 saturated carbocycles. The molecule has 0 amide bonds. The SMILES string of the molecule is Cc1ccc(-n2nnc3c(NNc4ccccc4)n[nH]c(=O)c32)cc1. The molecule has 0 radical (unpaired) electrons. The van der Waals surface area contributed by atoms with Crippen LogP contribution in [0.3, 0.4) is 0 Å². The van der Waals surface area contributed by atoms with Gasteiger partial charge in [-0.15, -0.1) is 5.10 Å². The number of hydrazine groups is 1. The van der Waals surface area contributed by atoms with Gasteiger partial charge >= 0.3 is 0 Å². The van der Waals surface area contributed by atoms with Crippen molar-refractivity contribution in [2.45, 2.75) is 6.92 Å². The van der Waals surface area contributed by atoms with Gasteiger partial charge in [-0.05, 0) is 31.2 Å². The summed E-state index contributed by atoms with van der Waals surface area (Å²) in [5, 5.41) is 14.7. The van der Waals surface area contributed by atoms with E-state index in [4.69, 9.17) is 0 Å². The van der Waals surface area contributed by atoms with Crippen molar-refractivity contribution in [1.29, 1.82) is 0 Å². The van der Waals surface area contributed by atoms with Crippen molar-refractivity contribution in [1.82, 2.24) is 25.2 Å². The van der Waals surface area contributed by atoms with E-state index in [-0.39, 0.29) is 5.56 Å². The first-order valence-electron chi connectivity index (χ1n) is 7.70. The van der Waals surface area contributed by atoms with Gasteiger partial charge in [-0.1, -0.05) is 41.1 Å². The number of aromatic nitrogens is 5. The number of rotatable bonds is 4. The van der Waals surface area contributed by atoms with E-state index in [2.05, 4.69) is 31.4 Å². The molecule has 0 fully saturated rings. The molecule has 4 rings (SSSR count). The first-order valence-corrected chi connectivity index (χ1v) is 7.70. The Labute approximate surface area is 142 Å². The fourth-order valence-corrected chi connectivity index (χ4v) is 2.46. The highest BCUT2D eigenvalue weighted by Gasteiger charge is 2.15. The molecule has 0 bridgehead atoms. The lowest BCUT2D eigenvalue weighted by atomic mass is 10.2. The number of anilines is 2. The molecule has 8 nitrogen and oxygen atoms in total. The summed E-state index contributed by atoms with van der Waals surface area (Å²) in [6.45, 7) is 2.00. The normalized spacial score (nSPS) is 10.8. The van der Waals surface area contributed by atoms with Crippen molar-refractivity contribution in [2.75, 3.05) is 10.9 Å². The number of para-hydroxylation sites is 1. The molecule has 2 aromatic heterocycles. The molecule has 8 heteroatoms. The molecule has 124 valence electrons. The van der Waals surface area contributed by atoms with E-state index < -0.39 is 0 Å². The lowest BCUT2D eigenvalue weighted by molar-refractivity contribution is 0.820. The fraction of sp³-hybridized carbons (Fsp3) is 0.0588. The Balaban J connectivity index is 1.74. The van der Waals surface area contributed by atoms with Gasteiger partial charge in [0.05, 0.1) is 11.4 Å². The molecule has 0 aliphatic rings. The molecule has 0 unspecified atom stereocenters. The molecule has 0 atom stereocenters. The summed E-state index contributed by atoms with van der Waals surface area (Å²) in [5.41, 5.74) is 9.07. The number of hydrogen-bond donors (Lipinski definition) is 3. The third-order valence-corrected chi connectivity index (χ3v) is 3.76. The van der Waals surface area contributed by atoms with E-state index in [0.29, 0.717) is 16.9 Å². The molecule has 25 heavy (non-hydrogen) atoms. The van der Waals surface area contributed by atoms with Crippen LogP contribution in [0, 0.1) is 6.92 Å². The smallest absolute Gasteiger partial charge is 0.292 e. The fourth-order valence-electron chi connectivity index (χ4n) is 2.46. The maximum Gasteiger partial charge on any atom is 0.292 e. The van der Waals surface area contributed by atoms with Crippen LogP contribution in [0.4, 0.5) is 11.5 Å². The van der Waals surface area contributed by atoms with E-state index in [9.17, 15) is 4.79 Å². The Kier molecular flexibility index (Phi) is 3.62. The number of nitrogens with zero attached hydrogens (tertiary/aromatic N) is 4. The maximum atomic E-state index is 12.3. The minimum absolute atomic E-state index is 0.330. The minimum atomic E-state index is -0.356. The van der Waals surface area contributed by atoms with Crippen LogP contribution in [-0.2, 0) is 0 Å². The van der Waals surface area contributed by atoms with E-state index in [0.717, 1.165) is 16.9 Å². The van der Waals surface area contributed by atoms with Gasteiger partial charge in [-0.2, -0.15) is 5.10 Å². The number of aryl methyl sites for hydroxylation is 1. The van der Waals surface area contributed by atoms with Gasteiger partial charge < -0.3 is 0 Å². The van der Waals surface area contributed by atoms with E-state index in [1.165, 1.54) is 4.68 Å². The maximum absolute atomic E-state index is 12.3. The second-order valence-electron chi connectivity index (χ2n) is 5.55. The Hall–Kier alpha value is -3.68. The van der Waals surface area contributed by atoms with Crippen LogP contribution in [-0.4, -0.2) is 25.2 Å². The number of fused-ring (bicyclic) bond motifs is 1. The molecule has 4 aromatic rings. The number of hydrogen-bond acceptors (Lipinski definition) is 6. The standard InChI is InChI=1S/C17H15N7O/c1-11-7-9-13(10-8-11)24-15-14(19-23-24)16(21-22-17(15)25)20-18-12-5-3-2-4-6-12/h2-10,18H,1H3,(H,20,21)(H,22,25). The van der Waals surface area contributed by atoms with Crippen molar-refractivity contribution in [3.63, 3.8) is 0 Å². The molecular weight excluding hydrogens is 318 g/mol. The van der Waals surface area contributed by atoms with Crippen molar-refractivity contribution in [2.24, 2.45) is 0 Å². The summed E-state index contributed by atoms with van der Waals surface area (Å²) >= 11 is 0. The summed E-state index contributed by atoms with van der Waals surface area (Å²) in [6.07, 6.45) is 0. The van der Waals surface area contributed by atoms with Gasteiger partial charge in [0.2, 0.25) is 0 Å². The number of benzene rings is 2. The third-order valence-electron chi connectivity index (χ3n) is 3.76. The van der Waals surface area contributed by atoms with Crippen LogP contribution in [0.2, 0.25) is 0 Å². The molecule has 0 aliphatic heterocycles. The number of nitrogens with one attached hydrogen (secondary N) is 3. The first-order chi connectivity index (χ1) is 12.2. The van der Waals surface area contributed by atoms with Crippen LogP contribution in [0.25, 0.3) is 16.7 Å². The van der Waals surface area contributed by atoms with Crippen LogP contribution in [0.15, 0.2) is 59.4 Å². The van der Waals surface area contributed by atoms with Crippen molar-refractivity contribution in [3.8, 4) is 5.69 Å². The monoisotopic (exact) mass is 333 g/mol. The summed E-state index contributed by atoms with van der Waals surface area (Å²) in [6, 6.07) is 17.2. The highest BCUT2D eigenvalue weighted by atomic mass is 16.1. The zero-order chi connectivity index (χ0) is 17.2. The van der Waals surface area contributed by atoms with Gasteiger partial charge in [-0.3, -0.25) is 15.6 Å². The highest BCUT2D eigenvalue weighted by Crippen LogP contribution is 2.18. The molecule has 3 N–H and O–H groups in total. The molecule has 0 saturated heterocycles. The van der Waals surface area contributed by atoms with E-state index >= 15 is 0 Å². The summed E-state index contributed by atoms with van der Waals surface area (Å²) in [5.74, 6) is 0.386. The Bertz CT molecular complexity index is 1070. The third kappa shape index (κ3) is 2.80. The van der Waals surface area contributed by atoms with Gasteiger partial charge in [0.1, 0.15) is 0 Å². The molecule has 0 aliphatic carbocycles. The largest absolute Gasteiger partial charge is 0.300 e. The zero-order valence-electron chi connectivity index (χ0n) is 13.4. The predicted molar refractivity (Wildman–Crippen MR) is 95.7 cm³/mol. The van der Waals surface area contributed by atoms with Gasteiger partial charge in [-0.25, -0.2) is 9.78 Å². The van der Waals surface area contributed by atoms with Gasteiger partial charge in [0.25, 0.3) is 5.56 Å². The van der Waals surface area contributed by atoms with E-state index in [1.807, 2.05) is 61.5 Å². The second kappa shape index (κ2) is 6.08. The lowest BCUT2D eigenvalue weighted by Crippen LogP contribution is -2.17. The lowest BCUT2D eigenvalue weighted by Gasteiger charge is -2.08. The first kappa shape index (κ1) is 14.9. The minimum Gasteiger partial charge on any atom is -0.300 e. The Morgan fingerprint density at radius 1 is 1.00 bits per heavy atom. The van der Waals surface area contributed by atoms with E-state index in [1.54, 1.807) is 0 Å². The summed E-state index contributed by atoms with van der Waals surface area (Å²) < 4.78 is 1.50. The van der Waals surface area contributed by atoms with Crippen molar-refractivity contribution >= 4 is 22.5 Å². The molecule has 2 aromatic carbocycles. The Morgan fingerprint density at radius 2 is 1.76 bits per heavy atom. The van der Waals surface area contributed by atoms with Crippen molar-refractivity contribution in [3.05, 3.63) is 70.5 Å². The topological polar surface area (TPSA) is 101 Å². The second-order valence-corrected chi connectivity index (χ2v) is 5.55. The quantitative estimate of drug-likeness (QED) is 0.495. The van der Waals surface area contributed by atoms with Gasteiger partial charge in [0.15, 0.2) is 16.9 Å². The van der Waals surface area contributed by atoms with Crippen molar-refractivity contribution < 1.29 is 0 Å². The highest BCUT2D eigenvalue weighted by molar-refractivity contribution is 5.85. The van der Waals surface area contributed by atoms with Crippen LogP contribution < -0.4 is 16.4 Å². The summed E-state index contributed by atoms with van der Waals surface area (Å²) in [4.78, 5) is 12.3. The van der Waals surface area contributed by atoms with Crippen LogP contribution >= 0.6 is 0 Å². The molecule has 0 spiro atoms. The average Bonchev–Trinajstić information content (AvgIpc) is 3.09. The number of H-pyrrole nitrogens is 1. The van der Waals surface area contributed by atoms with Crippen LogP contribution in [0.1, 0.15) is 5.56 Å². The molecule has 2 heterocycles. The zero-order valence-corrected chi connectivity index (χ0v) is 13.4.